The van der Waals surface area contributed by atoms with Crippen LogP contribution in [0, 0.1) is 0 Å². The Kier molecular flexibility index (Phi) is 4.41. The summed E-state index contributed by atoms with van der Waals surface area (Å²) in [5, 5.41) is 0. The Balaban J connectivity index is 3.56. The molecule has 0 heterocycles. The van der Waals surface area contributed by atoms with Crippen molar-refractivity contribution >= 4 is 6.72 Å². The molecular weight excluding hydrogens is 110 g/mol. The van der Waals surface area contributed by atoms with Gasteiger partial charge in [0.15, 0.2) is 0 Å². The van der Waals surface area contributed by atoms with E-state index in [1.54, 1.807) is 6.08 Å². The number of hydrogen-bond donors (Lipinski definition) is 0. The first-order chi connectivity index (χ1) is 4.31. The Labute approximate surface area is 56.1 Å². The van der Waals surface area contributed by atoms with Crippen LogP contribution in [-0.2, 0) is 0 Å². The molecule has 0 aliphatic heterocycles. The summed E-state index contributed by atoms with van der Waals surface area (Å²) in [7, 11) is 0. The molecule has 0 spiro atoms. The molecule has 48 valence electrons. The molecule has 0 fully saturated rings. The van der Waals surface area contributed by atoms with Crippen LogP contribution in [0.5, 0.6) is 0 Å². The van der Waals surface area contributed by atoms with E-state index in [9.17, 15) is 0 Å². The third-order valence-corrected chi connectivity index (χ3v) is 0.829. The predicted octanol–water partition coefficient (Wildman–Crippen LogP) is 1.99. The highest BCUT2D eigenvalue weighted by Crippen LogP contribution is 1.91. The molecule has 0 aromatic heterocycles. The molecule has 0 amide bonds. The van der Waals surface area contributed by atoms with Crippen molar-refractivity contribution in [3.63, 3.8) is 0 Å². The van der Waals surface area contributed by atoms with Crippen molar-refractivity contribution < 1.29 is 0 Å². The van der Waals surface area contributed by atoms with Gasteiger partial charge in [-0.2, -0.15) is 0 Å². The summed E-state index contributed by atoms with van der Waals surface area (Å²) in [5.41, 5.74) is 0.902. The fourth-order valence-corrected chi connectivity index (χ4v) is 0.347. The van der Waals surface area contributed by atoms with Crippen LogP contribution in [0.4, 0.5) is 0 Å². The van der Waals surface area contributed by atoms with Gasteiger partial charge < -0.3 is 0 Å². The van der Waals surface area contributed by atoms with Crippen LogP contribution >= 0.6 is 0 Å². The zero-order valence-electron chi connectivity index (χ0n) is 5.51. The number of aliphatic imine (C=N–C) groups is 1. The minimum absolute atomic E-state index is 0.646. The van der Waals surface area contributed by atoms with Crippen LogP contribution in [0.2, 0.25) is 0 Å². The van der Waals surface area contributed by atoms with Gasteiger partial charge >= 0.3 is 0 Å². The number of allylic oxidation sites excluding steroid dienone is 3. The summed E-state index contributed by atoms with van der Waals surface area (Å²) in [6, 6.07) is 0. The van der Waals surface area contributed by atoms with Gasteiger partial charge in [-0.05, 0) is 12.3 Å². The van der Waals surface area contributed by atoms with Gasteiger partial charge in [-0.1, -0.05) is 31.4 Å². The summed E-state index contributed by atoms with van der Waals surface area (Å²) in [6.07, 6.45) is 5.44. The maximum atomic E-state index is 3.68. The van der Waals surface area contributed by atoms with E-state index in [1.807, 2.05) is 12.2 Å². The second-order valence-electron chi connectivity index (χ2n) is 1.59. The fraction of sp³-hybridized carbons (Fsp3) is 0.125. The molecule has 0 atom stereocenters. The lowest BCUT2D eigenvalue weighted by Gasteiger charge is -1.83. The first-order valence-corrected chi connectivity index (χ1v) is 2.71. The summed E-state index contributed by atoms with van der Waals surface area (Å²) in [5.74, 6) is 0. The van der Waals surface area contributed by atoms with E-state index < -0.39 is 0 Å². The molecule has 0 radical (unpaired) electrons. The van der Waals surface area contributed by atoms with Gasteiger partial charge in [-0.15, -0.1) is 0 Å². The molecule has 0 N–H and O–H groups in total. The Morgan fingerprint density at radius 1 is 1.56 bits per heavy atom. The van der Waals surface area contributed by atoms with Crippen LogP contribution in [0.1, 0.15) is 0 Å². The molecule has 0 unspecified atom stereocenters. The minimum atomic E-state index is 0.646. The normalized spacial score (nSPS) is 9.33. The molecule has 9 heavy (non-hydrogen) atoms. The van der Waals surface area contributed by atoms with Crippen LogP contribution in [0.3, 0.4) is 0 Å². The van der Waals surface area contributed by atoms with Gasteiger partial charge in [0.25, 0.3) is 0 Å². The van der Waals surface area contributed by atoms with Crippen LogP contribution < -0.4 is 0 Å². The summed E-state index contributed by atoms with van der Waals surface area (Å²) in [6.45, 7) is 11.2. The topological polar surface area (TPSA) is 12.4 Å². The standard InChI is InChI=1S/C8H11N/c1-4-8(2)6-5-7-9-3/h4-6H,1-3,7H2. The van der Waals surface area contributed by atoms with Crippen molar-refractivity contribution in [2.75, 3.05) is 6.54 Å². The van der Waals surface area contributed by atoms with E-state index in [1.165, 1.54) is 0 Å². The van der Waals surface area contributed by atoms with Crippen molar-refractivity contribution in [2.45, 2.75) is 0 Å². The van der Waals surface area contributed by atoms with Crippen LogP contribution in [0.15, 0.2) is 42.0 Å². The second kappa shape index (κ2) is 5.04. The second-order valence-corrected chi connectivity index (χ2v) is 1.59. The molecular formula is C8H11N. The SMILES string of the molecule is C=CC(=C)C=CCN=C. The third kappa shape index (κ3) is 4.75. The van der Waals surface area contributed by atoms with Gasteiger partial charge in [-0.25, -0.2) is 0 Å². The quantitative estimate of drug-likeness (QED) is 0.398. The van der Waals surface area contributed by atoms with E-state index in [2.05, 4.69) is 24.9 Å². The molecule has 0 saturated carbocycles. The van der Waals surface area contributed by atoms with Gasteiger partial charge in [0, 0.05) is 0 Å². The Morgan fingerprint density at radius 2 is 2.22 bits per heavy atom. The number of nitrogens with zero attached hydrogens (tertiary/aromatic N) is 1. The van der Waals surface area contributed by atoms with E-state index in [4.69, 9.17) is 0 Å². The Bertz CT molecular complexity index is 143. The van der Waals surface area contributed by atoms with E-state index in [-0.39, 0.29) is 0 Å². The first-order valence-electron chi connectivity index (χ1n) is 2.71. The highest BCUT2D eigenvalue weighted by molar-refractivity contribution is 5.27. The zero-order chi connectivity index (χ0) is 7.11. The third-order valence-electron chi connectivity index (χ3n) is 0.829. The molecule has 0 bridgehead atoms. The lowest BCUT2D eigenvalue weighted by atomic mass is 10.3. The molecule has 0 aromatic rings. The van der Waals surface area contributed by atoms with E-state index >= 15 is 0 Å². The van der Waals surface area contributed by atoms with Gasteiger partial charge in [-0.3, -0.25) is 4.99 Å². The molecule has 0 aliphatic carbocycles. The highest BCUT2D eigenvalue weighted by Gasteiger charge is 1.73. The molecule has 0 rings (SSSR count). The molecule has 1 heteroatoms. The summed E-state index contributed by atoms with van der Waals surface area (Å²) >= 11 is 0. The van der Waals surface area contributed by atoms with Crippen molar-refractivity contribution in [1.82, 2.24) is 0 Å². The molecule has 0 aliphatic rings. The largest absolute Gasteiger partial charge is 0.297 e. The molecule has 0 aromatic carbocycles. The van der Waals surface area contributed by atoms with Crippen LogP contribution in [0.25, 0.3) is 0 Å². The van der Waals surface area contributed by atoms with Crippen molar-refractivity contribution in [1.29, 1.82) is 0 Å². The Hall–Kier alpha value is -1.11. The van der Waals surface area contributed by atoms with E-state index in [0.717, 1.165) is 5.57 Å². The van der Waals surface area contributed by atoms with Gasteiger partial charge in [0.05, 0.1) is 6.54 Å². The molecule has 1 nitrogen and oxygen atoms in total. The lowest BCUT2D eigenvalue weighted by molar-refractivity contribution is 1.27. The van der Waals surface area contributed by atoms with Crippen molar-refractivity contribution in [3.8, 4) is 0 Å². The first kappa shape index (κ1) is 7.89. The zero-order valence-corrected chi connectivity index (χ0v) is 5.51. The van der Waals surface area contributed by atoms with Gasteiger partial charge in [0.2, 0.25) is 0 Å². The lowest BCUT2D eigenvalue weighted by Crippen LogP contribution is -1.69. The van der Waals surface area contributed by atoms with Gasteiger partial charge in [0.1, 0.15) is 0 Å². The molecule has 0 saturated heterocycles. The fourth-order valence-electron chi connectivity index (χ4n) is 0.347. The summed E-state index contributed by atoms with van der Waals surface area (Å²) < 4.78 is 0. The average Bonchev–Trinajstić information content (AvgIpc) is 1.89. The predicted molar refractivity (Wildman–Crippen MR) is 42.9 cm³/mol. The smallest absolute Gasteiger partial charge is 0.0566 e. The van der Waals surface area contributed by atoms with Crippen molar-refractivity contribution in [3.05, 3.63) is 37.0 Å². The van der Waals surface area contributed by atoms with Crippen molar-refractivity contribution in [2.24, 2.45) is 4.99 Å². The maximum absolute atomic E-state index is 3.68. The number of hydrogen-bond acceptors (Lipinski definition) is 1. The monoisotopic (exact) mass is 121 g/mol. The Morgan fingerprint density at radius 3 is 2.67 bits per heavy atom. The maximum Gasteiger partial charge on any atom is 0.0566 e. The average molecular weight is 121 g/mol. The van der Waals surface area contributed by atoms with Crippen LogP contribution in [-0.4, -0.2) is 13.3 Å². The van der Waals surface area contributed by atoms with E-state index in [0.29, 0.717) is 6.54 Å². The number of rotatable bonds is 4. The minimum Gasteiger partial charge on any atom is -0.297 e. The summed E-state index contributed by atoms with van der Waals surface area (Å²) in [4.78, 5) is 3.63. The highest BCUT2D eigenvalue weighted by atomic mass is 14.6.